The molecule has 18 heavy (non-hydrogen) atoms. The first-order valence-electron chi connectivity index (χ1n) is 5.25. The molecule has 0 spiro atoms. The number of nitrogens with zero attached hydrogens (tertiary/aromatic N) is 2. The molecule has 0 unspecified atom stereocenters. The van der Waals surface area contributed by atoms with E-state index in [9.17, 15) is 8.42 Å². The molecule has 2 N–H and O–H groups in total. The Labute approximate surface area is 110 Å². The number of aryl methyl sites for hydroxylation is 1. The van der Waals surface area contributed by atoms with E-state index in [-0.39, 0.29) is 27.9 Å². The van der Waals surface area contributed by atoms with Gasteiger partial charge in [0.1, 0.15) is 4.90 Å². The van der Waals surface area contributed by atoms with Crippen LogP contribution in [0.3, 0.4) is 0 Å². The third-order valence-corrected chi connectivity index (χ3v) is 4.68. The molecular weight excluding hydrogens is 274 g/mol. The van der Waals surface area contributed by atoms with Gasteiger partial charge < -0.3 is 5.73 Å². The molecule has 7 heteroatoms. The third kappa shape index (κ3) is 2.65. The summed E-state index contributed by atoms with van der Waals surface area (Å²) in [5.41, 5.74) is 5.84. The van der Waals surface area contributed by atoms with Crippen molar-refractivity contribution in [3.63, 3.8) is 0 Å². The van der Waals surface area contributed by atoms with E-state index in [0.29, 0.717) is 0 Å². The standard InChI is InChI=1S/C11H12ClN3O2S/c12-9-3-1-4-10(13)11(9)18(16,17)8-7-15-6-2-5-14-15/h1-6H,7-8,13H2. The van der Waals surface area contributed by atoms with E-state index >= 15 is 0 Å². The number of benzene rings is 1. The van der Waals surface area contributed by atoms with Crippen LogP contribution in [-0.2, 0) is 16.4 Å². The van der Waals surface area contributed by atoms with E-state index in [1.807, 2.05) is 0 Å². The molecular formula is C11H12ClN3O2S. The zero-order valence-corrected chi connectivity index (χ0v) is 11.0. The van der Waals surface area contributed by atoms with Crippen LogP contribution in [-0.4, -0.2) is 24.0 Å². The Morgan fingerprint density at radius 1 is 1.33 bits per heavy atom. The summed E-state index contributed by atoms with van der Waals surface area (Å²) in [5.74, 6) is -0.0946. The summed E-state index contributed by atoms with van der Waals surface area (Å²) in [4.78, 5) is -0.00109. The van der Waals surface area contributed by atoms with Crippen molar-refractivity contribution in [1.29, 1.82) is 0 Å². The van der Waals surface area contributed by atoms with Crippen molar-refractivity contribution < 1.29 is 8.42 Å². The predicted octanol–water partition coefficient (Wildman–Crippen LogP) is 1.59. The molecule has 2 aromatic rings. The Hall–Kier alpha value is -1.53. The number of sulfone groups is 1. The lowest BCUT2D eigenvalue weighted by Gasteiger charge is -2.09. The van der Waals surface area contributed by atoms with Crippen LogP contribution in [0.1, 0.15) is 0 Å². The van der Waals surface area contributed by atoms with Gasteiger partial charge in [0.15, 0.2) is 9.84 Å². The number of hydrogen-bond donors (Lipinski definition) is 1. The smallest absolute Gasteiger partial charge is 0.183 e. The maximum Gasteiger partial charge on any atom is 0.183 e. The topological polar surface area (TPSA) is 78.0 Å². The number of rotatable bonds is 4. The Morgan fingerprint density at radius 3 is 2.72 bits per heavy atom. The first kappa shape index (κ1) is 12.9. The molecule has 0 atom stereocenters. The van der Waals surface area contributed by atoms with Gasteiger partial charge >= 0.3 is 0 Å². The molecule has 96 valence electrons. The van der Waals surface area contributed by atoms with Gasteiger partial charge in [-0.1, -0.05) is 17.7 Å². The van der Waals surface area contributed by atoms with Gasteiger partial charge in [0, 0.05) is 12.4 Å². The van der Waals surface area contributed by atoms with Crippen LogP contribution < -0.4 is 5.73 Å². The van der Waals surface area contributed by atoms with Crippen LogP contribution in [0.25, 0.3) is 0 Å². The minimum atomic E-state index is -3.52. The number of nitrogen functional groups attached to an aromatic ring is 1. The number of aromatic nitrogens is 2. The summed E-state index contributed by atoms with van der Waals surface area (Å²) in [6.45, 7) is 0.264. The van der Waals surface area contributed by atoms with Gasteiger partial charge in [0.2, 0.25) is 0 Å². The minimum Gasteiger partial charge on any atom is -0.398 e. The zero-order valence-electron chi connectivity index (χ0n) is 9.45. The second-order valence-corrected chi connectivity index (χ2v) is 6.20. The Morgan fingerprint density at radius 2 is 2.11 bits per heavy atom. The fourth-order valence-corrected chi connectivity index (χ4v) is 3.56. The van der Waals surface area contributed by atoms with E-state index in [4.69, 9.17) is 17.3 Å². The van der Waals surface area contributed by atoms with Gasteiger partial charge in [-0.3, -0.25) is 4.68 Å². The average Bonchev–Trinajstić information content (AvgIpc) is 2.78. The maximum absolute atomic E-state index is 12.2. The van der Waals surface area contributed by atoms with Gasteiger partial charge in [0.25, 0.3) is 0 Å². The van der Waals surface area contributed by atoms with Crippen LogP contribution in [0.15, 0.2) is 41.6 Å². The van der Waals surface area contributed by atoms with Gasteiger partial charge in [-0.15, -0.1) is 0 Å². The second-order valence-electron chi connectivity index (χ2n) is 3.75. The molecule has 0 aliphatic heterocycles. The Balaban J connectivity index is 2.26. The Bertz CT molecular complexity index is 618. The lowest BCUT2D eigenvalue weighted by Crippen LogP contribution is -2.15. The molecule has 2 rings (SSSR count). The molecule has 0 aliphatic carbocycles. The summed E-state index contributed by atoms with van der Waals surface area (Å²) in [6.07, 6.45) is 3.29. The van der Waals surface area contributed by atoms with Gasteiger partial charge in [-0.05, 0) is 18.2 Å². The molecule has 1 aromatic carbocycles. The fraction of sp³-hybridized carbons (Fsp3) is 0.182. The highest BCUT2D eigenvalue weighted by molar-refractivity contribution is 7.91. The summed E-state index contributed by atoms with van der Waals surface area (Å²) >= 11 is 5.89. The number of halogens is 1. The van der Waals surface area contributed by atoms with E-state index in [2.05, 4.69) is 5.10 Å². The third-order valence-electron chi connectivity index (χ3n) is 2.46. The molecule has 0 aliphatic rings. The van der Waals surface area contributed by atoms with Gasteiger partial charge in [0.05, 0.1) is 23.0 Å². The van der Waals surface area contributed by atoms with Crippen LogP contribution in [0.2, 0.25) is 5.02 Å². The number of nitrogens with two attached hydrogens (primary N) is 1. The van der Waals surface area contributed by atoms with E-state index < -0.39 is 9.84 Å². The molecule has 1 aromatic heterocycles. The minimum absolute atomic E-state index is 0.00109. The van der Waals surface area contributed by atoms with Crippen molar-refractivity contribution in [2.24, 2.45) is 0 Å². The largest absolute Gasteiger partial charge is 0.398 e. The molecule has 0 amide bonds. The summed E-state index contributed by atoms with van der Waals surface area (Å²) in [6, 6.07) is 6.38. The van der Waals surface area contributed by atoms with Gasteiger partial charge in [-0.25, -0.2) is 8.42 Å². The lowest BCUT2D eigenvalue weighted by molar-refractivity contribution is 0.581. The summed E-state index contributed by atoms with van der Waals surface area (Å²) < 4.78 is 25.9. The lowest BCUT2D eigenvalue weighted by atomic mass is 10.3. The van der Waals surface area contributed by atoms with E-state index in [1.165, 1.54) is 12.1 Å². The maximum atomic E-state index is 12.2. The predicted molar refractivity (Wildman–Crippen MR) is 70.1 cm³/mol. The quantitative estimate of drug-likeness (QED) is 0.866. The SMILES string of the molecule is Nc1cccc(Cl)c1S(=O)(=O)CCn1cccn1. The first-order chi connectivity index (χ1) is 8.50. The summed E-state index contributed by atoms with van der Waals surface area (Å²) in [7, 11) is -3.52. The van der Waals surface area contributed by atoms with Crippen LogP contribution in [0, 0.1) is 0 Å². The van der Waals surface area contributed by atoms with Crippen LogP contribution >= 0.6 is 11.6 Å². The Kier molecular flexibility index (Phi) is 3.58. The molecule has 0 saturated heterocycles. The van der Waals surface area contributed by atoms with E-state index in [1.54, 1.807) is 29.2 Å². The molecule has 0 radical (unpaired) electrons. The highest BCUT2D eigenvalue weighted by Crippen LogP contribution is 2.28. The number of hydrogen-bond acceptors (Lipinski definition) is 4. The molecule has 0 fully saturated rings. The second kappa shape index (κ2) is 4.99. The van der Waals surface area contributed by atoms with Crippen molar-refractivity contribution in [3.8, 4) is 0 Å². The van der Waals surface area contributed by atoms with Crippen molar-refractivity contribution in [2.45, 2.75) is 11.4 Å². The van der Waals surface area contributed by atoms with Crippen molar-refractivity contribution in [3.05, 3.63) is 41.7 Å². The molecule has 0 saturated carbocycles. The van der Waals surface area contributed by atoms with Crippen molar-refractivity contribution >= 4 is 27.1 Å². The van der Waals surface area contributed by atoms with Crippen LogP contribution in [0.4, 0.5) is 5.69 Å². The van der Waals surface area contributed by atoms with E-state index in [0.717, 1.165) is 0 Å². The zero-order chi connectivity index (χ0) is 13.2. The fourth-order valence-electron chi connectivity index (χ4n) is 1.60. The van der Waals surface area contributed by atoms with Crippen LogP contribution in [0.5, 0.6) is 0 Å². The highest BCUT2D eigenvalue weighted by Gasteiger charge is 2.21. The first-order valence-corrected chi connectivity index (χ1v) is 7.28. The normalized spacial score (nSPS) is 11.6. The van der Waals surface area contributed by atoms with Gasteiger partial charge in [-0.2, -0.15) is 5.10 Å². The highest BCUT2D eigenvalue weighted by atomic mass is 35.5. The van der Waals surface area contributed by atoms with Crippen molar-refractivity contribution in [2.75, 3.05) is 11.5 Å². The average molecular weight is 286 g/mol. The molecule has 1 heterocycles. The molecule has 5 nitrogen and oxygen atoms in total. The summed E-state index contributed by atoms with van der Waals surface area (Å²) in [5, 5.41) is 4.09. The van der Waals surface area contributed by atoms with Crippen molar-refractivity contribution in [1.82, 2.24) is 9.78 Å². The number of anilines is 1. The monoisotopic (exact) mass is 285 g/mol. The molecule has 0 bridgehead atoms.